The average Bonchev–Trinajstić information content (AvgIpc) is 3.10. The number of aryl methyl sites for hydroxylation is 1. The first-order valence-corrected chi connectivity index (χ1v) is 7.50. The number of aromatic nitrogens is 4. The van der Waals surface area contributed by atoms with E-state index < -0.39 is 47.9 Å². The van der Waals surface area contributed by atoms with Gasteiger partial charge in [-0.3, -0.25) is 9.25 Å². The molecule has 0 saturated carbocycles. The monoisotopic (exact) mass is 417 g/mol. The van der Waals surface area contributed by atoms with E-state index in [4.69, 9.17) is 0 Å². The van der Waals surface area contributed by atoms with Crippen LogP contribution in [-0.2, 0) is 6.54 Å². The first-order valence-electron chi connectivity index (χ1n) is 7.50. The first-order chi connectivity index (χ1) is 12.7. The van der Waals surface area contributed by atoms with Crippen molar-refractivity contribution in [3.63, 3.8) is 0 Å². The highest BCUT2D eigenvalue weighted by Gasteiger charge is 2.57. The highest BCUT2D eigenvalue weighted by molar-refractivity contribution is 5.76. The van der Waals surface area contributed by atoms with Crippen molar-refractivity contribution in [3.05, 3.63) is 35.5 Å². The maximum absolute atomic E-state index is 13.4. The minimum Gasteiger partial charge on any atom is -0.369 e. The van der Waals surface area contributed by atoms with Gasteiger partial charge in [-0.25, -0.2) is 4.98 Å². The molecule has 0 fully saturated rings. The van der Waals surface area contributed by atoms with Gasteiger partial charge in [0.05, 0.1) is 11.9 Å². The summed E-state index contributed by atoms with van der Waals surface area (Å²) >= 11 is 0. The molecule has 1 unspecified atom stereocenters. The third-order valence-corrected chi connectivity index (χ3v) is 3.88. The number of allylic oxidation sites excluding steroid dienone is 1. The van der Waals surface area contributed by atoms with E-state index in [0.717, 1.165) is 4.57 Å². The molecule has 6 nitrogen and oxygen atoms in total. The lowest BCUT2D eigenvalue weighted by atomic mass is 10.0. The van der Waals surface area contributed by atoms with Crippen molar-refractivity contribution in [1.82, 2.24) is 19.3 Å². The maximum Gasteiger partial charge on any atom is 0.455 e. The van der Waals surface area contributed by atoms with Gasteiger partial charge in [0, 0.05) is 23.5 Å². The van der Waals surface area contributed by atoms with Crippen molar-refractivity contribution >= 4 is 11.5 Å². The molecule has 1 atom stereocenters. The molecule has 28 heavy (non-hydrogen) atoms. The van der Waals surface area contributed by atoms with Gasteiger partial charge >= 0.3 is 18.3 Å². The summed E-state index contributed by atoms with van der Waals surface area (Å²) in [6.07, 6.45) is -10.3. The summed E-state index contributed by atoms with van der Waals surface area (Å²) in [6, 6.07) is 0. The zero-order valence-electron chi connectivity index (χ0n) is 13.8. The molecule has 3 heterocycles. The summed E-state index contributed by atoms with van der Waals surface area (Å²) in [6.45, 7) is -0.464. The zero-order valence-corrected chi connectivity index (χ0v) is 13.8. The topological polar surface area (TPSA) is 67.9 Å². The number of fused-ring (bicyclic) bond motifs is 1. The number of anilines is 1. The number of aliphatic hydroxyl groups excluding tert-OH is 1. The predicted molar refractivity (Wildman–Crippen MR) is 78.0 cm³/mol. The second kappa shape index (κ2) is 6.18. The van der Waals surface area contributed by atoms with E-state index in [0.29, 0.717) is 12.4 Å². The minimum absolute atomic E-state index is 0.158. The van der Waals surface area contributed by atoms with Crippen molar-refractivity contribution in [2.75, 3.05) is 5.32 Å². The van der Waals surface area contributed by atoms with Gasteiger partial charge in [0.1, 0.15) is 12.2 Å². The number of hydrogen-bond donors (Lipinski definition) is 2. The van der Waals surface area contributed by atoms with Crippen LogP contribution in [0.4, 0.5) is 41.1 Å². The van der Waals surface area contributed by atoms with E-state index in [-0.39, 0.29) is 16.3 Å². The van der Waals surface area contributed by atoms with Crippen LogP contribution >= 0.6 is 0 Å². The lowest BCUT2D eigenvalue weighted by molar-refractivity contribution is -0.287. The molecule has 2 aromatic heterocycles. The highest BCUT2D eigenvalue weighted by atomic mass is 19.4. The number of nitrogens with zero attached hydrogens (tertiary/aromatic N) is 4. The second-order valence-electron chi connectivity index (χ2n) is 6.03. The normalized spacial score (nSPS) is 18.3. The molecule has 1 aliphatic rings. The van der Waals surface area contributed by atoms with Crippen LogP contribution in [0.3, 0.4) is 0 Å². The summed E-state index contributed by atoms with van der Waals surface area (Å²) in [5.41, 5.74) is -2.42. The third-order valence-electron chi connectivity index (χ3n) is 3.88. The summed E-state index contributed by atoms with van der Waals surface area (Å²) in [7, 11) is 0. The fraction of sp³-hybridized carbons (Fsp3) is 0.429. The zero-order chi connectivity index (χ0) is 21.1. The van der Waals surface area contributed by atoms with Gasteiger partial charge < -0.3 is 10.4 Å². The van der Waals surface area contributed by atoms with Crippen LogP contribution in [-0.4, -0.2) is 42.7 Å². The van der Waals surface area contributed by atoms with E-state index in [9.17, 15) is 40.2 Å². The third kappa shape index (κ3) is 3.43. The number of halogens is 8. The van der Waals surface area contributed by atoms with E-state index in [1.165, 1.54) is 13.1 Å². The first kappa shape index (κ1) is 20.1. The number of hydrogen-bond acceptors (Lipinski definition) is 4. The number of rotatable bonds is 3. The molecule has 154 valence electrons. The fourth-order valence-electron chi connectivity index (χ4n) is 2.64. The Morgan fingerprint density at radius 2 is 1.75 bits per heavy atom. The molecule has 0 spiro atoms. The highest BCUT2D eigenvalue weighted by Crippen LogP contribution is 2.42. The van der Waals surface area contributed by atoms with Crippen LogP contribution in [0.25, 0.3) is 5.57 Å². The maximum atomic E-state index is 13.4. The van der Waals surface area contributed by atoms with Gasteiger partial charge in [0.25, 0.3) is 0 Å². The van der Waals surface area contributed by atoms with Gasteiger partial charge in [-0.05, 0) is 6.92 Å². The van der Waals surface area contributed by atoms with Crippen molar-refractivity contribution in [2.45, 2.75) is 38.0 Å². The second-order valence-corrected chi connectivity index (χ2v) is 6.03. The Labute approximate surface area is 151 Å². The Morgan fingerprint density at radius 1 is 1.11 bits per heavy atom. The number of alkyl halides is 8. The van der Waals surface area contributed by atoms with Crippen LogP contribution in [0, 0.1) is 6.92 Å². The van der Waals surface area contributed by atoms with Crippen molar-refractivity contribution in [1.29, 1.82) is 0 Å². The van der Waals surface area contributed by atoms with E-state index in [1.54, 1.807) is 0 Å². The van der Waals surface area contributed by atoms with E-state index in [2.05, 4.69) is 10.1 Å². The predicted octanol–water partition coefficient (Wildman–Crippen LogP) is 3.48. The molecule has 0 aromatic carbocycles. The average molecular weight is 417 g/mol. The van der Waals surface area contributed by atoms with Gasteiger partial charge in [-0.2, -0.15) is 40.2 Å². The van der Waals surface area contributed by atoms with Gasteiger partial charge in [0.2, 0.25) is 5.95 Å². The summed E-state index contributed by atoms with van der Waals surface area (Å²) < 4.78 is 105. The Morgan fingerprint density at radius 3 is 2.32 bits per heavy atom. The Bertz CT molecular complexity index is 923. The Kier molecular flexibility index (Phi) is 4.44. The van der Waals surface area contributed by atoms with Crippen molar-refractivity contribution in [2.24, 2.45) is 0 Å². The standard InChI is InChI=1S/C14H11F8N5O/c1-6-3-27-10(28)8(9(13(17,18)19)25-11(27)24-6)7-2-23-26(4-7)5-12(15,16)14(20,21)22/h2-4,10,28H,5H2,1H3,(H,24,25). The lowest BCUT2D eigenvalue weighted by Gasteiger charge is -2.28. The minimum atomic E-state index is -5.86. The van der Waals surface area contributed by atoms with Gasteiger partial charge in [-0.1, -0.05) is 0 Å². The number of imidazole rings is 1. The summed E-state index contributed by atoms with van der Waals surface area (Å²) in [4.78, 5) is 3.79. The molecule has 2 aromatic rings. The van der Waals surface area contributed by atoms with Crippen LogP contribution in [0.1, 0.15) is 17.5 Å². The molecule has 3 rings (SSSR count). The Hall–Kier alpha value is -2.64. The molecule has 0 amide bonds. The summed E-state index contributed by atoms with van der Waals surface area (Å²) in [5.74, 6) is -5.45. The number of nitrogens with one attached hydrogen (secondary N) is 1. The van der Waals surface area contributed by atoms with Gasteiger partial charge in [-0.15, -0.1) is 0 Å². The van der Waals surface area contributed by atoms with E-state index in [1.807, 2.05) is 5.32 Å². The molecular weight excluding hydrogens is 406 g/mol. The largest absolute Gasteiger partial charge is 0.455 e. The smallest absolute Gasteiger partial charge is 0.369 e. The lowest BCUT2D eigenvalue weighted by Crippen LogP contribution is -2.40. The molecule has 2 N–H and O–H groups in total. The molecule has 14 heteroatoms. The van der Waals surface area contributed by atoms with Crippen molar-refractivity contribution < 1.29 is 40.2 Å². The van der Waals surface area contributed by atoms with E-state index >= 15 is 0 Å². The molecule has 1 aliphatic heterocycles. The van der Waals surface area contributed by atoms with Crippen LogP contribution < -0.4 is 5.32 Å². The number of aliphatic hydroxyl groups is 1. The SMILES string of the molecule is Cc1cn2c(n1)NC(C(F)(F)F)=C(c1cnn(CC(F)(F)C(F)(F)F)c1)C2O. The quantitative estimate of drug-likeness (QED) is 0.751. The molecule has 0 bridgehead atoms. The molecule has 0 saturated heterocycles. The van der Waals surface area contributed by atoms with Crippen LogP contribution in [0.5, 0.6) is 0 Å². The van der Waals surface area contributed by atoms with Crippen LogP contribution in [0.2, 0.25) is 0 Å². The fourth-order valence-corrected chi connectivity index (χ4v) is 2.64. The van der Waals surface area contributed by atoms with Crippen LogP contribution in [0.15, 0.2) is 24.3 Å². The summed E-state index contributed by atoms with van der Waals surface area (Å²) in [5, 5.41) is 15.6. The van der Waals surface area contributed by atoms with Crippen molar-refractivity contribution in [3.8, 4) is 0 Å². The van der Waals surface area contributed by atoms with Gasteiger partial charge in [0.15, 0.2) is 6.23 Å². The molecule has 0 aliphatic carbocycles. The Balaban J connectivity index is 2.03. The molecular formula is C14H11F8N5O. The molecule has 0 radical (unpaired) electrons.